The number of rotatable bonds is 4. The summed E-state index contributed by atoms with van der Waals surface area (Å²) in [6.45, 7) is 0. The average molecular weight is 443 g/mol. The molecule has 1 radical (unpaired) electrons. The maximum Gasteiger partial charge on any atom is 0.339 e. The molecule has 3 aromatic rings. The number of carboxylic acid groups (broad SMARTS) is 1. The Morgan fingerprint density at radius 1 is 1.04 bits per heavy atom. The number of hydrogen-bond donors (Lipinski definition) is 2. The molecule has 0 fully saturated rings. The first-order valence-electron chi connectivity index (χ1n) is 7.13. The third-order valence-corrected chi connectivity index (χ3v) is 4.92. The Morgan fingerprint density at radius 3 is 2.23 bits per heavy atom. The summed E-state index contributed by atoms with van der Waals surface area (Å²) in [4.78, 5) is 24.0. The Morgan fingerprint density at radius 2 is 1.65 bits per heavy atom. The van der Waals surface area contributed by atoms with Gasteiger partial charge >= 0.3 is 5.97 Å². The van der Waals surface area contributed by atoms with Gasteiger partial charge in [0.2, 0.25) is 0 Å². The van der Waals surface area contributed by atoms with Crippen LogP contribution < -0.4 is 5.32 Å². The molecule has 0 saturated heterocycles. The van der Waals surface area contributed by atoms with Crippen molar-refractivity contribution < 1.29 is 19.1 Å². The van der Waals surface area contributed by atoms with E-state index in [1.54, 1.807) is 17.5 Å². The first-order chi connectivity index (χ1) is 12.0. The smallest absolute Gasteiger partial charge is 0.339 e. The Labute approximate surface area is 183 Å². The standard InChI is InChI=1S/C18H11BrFNO3S.Na/c19-12-5-1-10(2-6-12)14-9-25-17(15(14)18(23)24)21-16(22)11-3-7-13(20)8-4-11;/h1-9H,(H,21,22)(H,23,24);. The van der Waals surface area contributed by atoms with Crippen molar-refractivity contribution in [1.82, 2.24) is 0 Å². The van der Waals surface area contributed by atoms with Crippen molar-refractivity contribution >= 4 is 73.7 Å². The molecule has 2 aromatic carbocycles. The van der Waals surface area contributed by atoms with Gasteiger partial charge in [0.15, 0.2) is 0 Å². The average Bonchev–Trinajstić information content (AvgIpc) is 3.00. The number of carboxylic acids is 1. The van der Waals surface area contributed by atoms with Crippen LogP contribution in [0.5, 0.6) is 0 Å². The second-order valence-corrected chi connectivity index (χ2v) is 6.92. The van der Waals surface area contributed by atoms with Crippen LogP contribution in [0.2, 0.25) is 0 Å². The Kier molecular flexibility index (Phi) is 7.14. The topological polar surface area (TPSA) is 66.4 Å². The van der Waals surface area contributed by atoms with Gasteiger partial charge < -0.3 is 10.4 Å². The number of halogens is 2. The molecule has 0 aliphatic rings. The SMILES string of the molecule is O=C(Nc1scc(-c2ccc(Br)cc2)c1C(=O)O)c1ccc(F)cc1.[Na]. The van der Waals surface area contributed by atoms with Gasteiger partial charge in [-0.2, -0.15) is 0 Å². The van der Waals surface area contributed by atoms with Crippen LogP contribution in [-0.2, 0) is 0 Å². The summed E-state index contributed by atoms with van der Waals surface area (Å²) in [5.41, 5.74) is 1.54. The summed E-state index contributed by atoms with van der Waals surface area (Å²) in [6, 6.07) is 12.3. The molecule has 3 rings (SSSR count). The normalized spacial score (nSPS) is 10.1. The minimum atomic E-state index is -1.13. The summed E-state index contributed by atoms with van der Waals surface area (Å²) < 4.78 is 13.8. The van der Waals surface area contributed by atoms with Crippen LogP contribution in [0.25, 0.3) is 11.1 Å². The molecule has 0 spiro atoms. The minimum absolute atomic E-state index is 0. The number of benzene rings is 2. The van der Waals surface area contributed by atoms with Gasteiger partial charge in [0.1, 0.15) is 16.4 Å². The van der Waals surface area contributed by atoms with Crippen LogP contribution in [0.3, 0.4) is 0 Å². The van der Waals surface area contributed by atoms with Crippen molar-refractivity contribution in [1.29, 1.82) is 0 Å². The second kappa shape index (κ2) is 8.92. The van der Waals surface area contributed by atoms with E-state index in [2.05, 4.69) is 21.2 Å². The van der Waals surface area contributed by atoms with Gasteiger partial charge in [-0.3, -0.25) is 4.79 Å². The maximum atomic E-state index is 13.0. The summed E-state index contributed by atoms with van der Waals surface area (Å²) in [5.74, 6) is -2.07. The van der Waals surface area contributed by atoms with Crippen LogP contribution in [0.4, 0.5) is 9.39 Å². The Bertz CT molecular complexity index is 942. The number of nitrogens with one attached hydrogen (secondary N) is 1. The monoisotopic (exact) mass is 442 g/mol. The molecule has 1 amide bonds. The molecule has 2 N–H and O–H groups in total. The fourth-order valence-electron chi connectivity index (χ4n) is 2.28. The minimum Gasteiger partial charge on any atom is -0.478 e. The number of thiophene rings is 1. The molecule has 4 nitrogen and oxygen atoms in total. The van der Waals surface area contributed by atoms with Crippen LogP contribution in [0.1, 0.15) is 20.7 Å². The molecular formula is C18H11BrFNNaO3S. The molecule has 0 unspecified atom stereocenters. The van der Waals surface area contributed by atoms with E-state index in [9.17, 15) is 19.1 Å². The molecule has 1 heterocycles. The molecule has 127 valence electrons. The first kappa shape index (κ1) is 20.8. The number of carbonyl (C=O) groups is 2. The fourth-order valence-corrected chi connectivity index (χ4v) is 3.50. The number of anilines is 1. The van der Waals surface area contributed by atoms with Gasteiger partial charge in [0.25, 0.3) is 5.91 Å². The fraction of sp³-hybridized carbons (Fsp3) is 0. The van der Waals surface area contributed by atoms with E-state index in [1.165, 1.54) is 24.3 Å². The van der Waals surface area contributed by atoms with Gasteiger partial charge in [-0.25, -0.2) is 9.18 Å². The number of amides is 1. The van der Waals surface area contributed by atoms with Crippen molar-refractivity contribution in [2.45, 2.75) is 0 Å². The zero-order valence-corrected chi connectivity index (χ0v) is 18.0. The van der Waals surface area contributed by atoms with Gasteiger partial charge in [0, 0.05) is 50.5 Å². The number of hydrogen-bond acceptors (Lipinski definition) is 3. The van der Waals surface area contributed by atoms with Crippen molar-refractivity contribution in [2.24, 2.45) is 0 Å². The molecule has 0 atom stereocenters. The molecular weight excluding hydrogens is 432 g/mol. The van der Waals surface area contributed by atoms with E-state index in [0.29, 0.717) is 5.56 Å². The molecule has 0 aliphatic heterocycles. The van der Waals surface area contributed by atoms with Crippen molar-refractivity contribution in [3.63, 3.8) is 0 Å². The molecule has 0 bridgehead atoms. The van der Waals surface area contributed by atoms with E-state index in [1.807, 2.05) is 12.1 Å². The first-order valence-corrected chi connectivity index (χ1v) is 8.80. The van der Waals surface area contributed by atoms with E-state index < -0.39 is 17.7 Å². The quantitative estimate of drug-likeness (QED) is 0.565. The van der Waals surface area contributed by atoms with Gasteiger partial charge in [-0.15, -0.1) is 11.3 Å². The van der Waals surface area contributed by atoms with Crippen molar-refractivity contribution in [3.05, 3.63) is 75.3 Å². The molecule has 0 aliphatic carbocycles. The Balaban J connectivity index is 0.00000243. The van der Waals surface area contributed by atoms with E-state index >= 15 is 0 Å². The van der Waals surface area contributed by atoms with E-state index in [4.69, 9.17) is 0 Å². The van der Waals surface area contributed by atoms with Gasteiger partial charge in [0.05, 0.1) is 0 Å². The van der Waals surface area contributed by atoms with E-state index in [0.717, 1.165) is 21.4 Å². The Hall–Kier alpha value is -1.51. The zero-order valence-electron chi connectivity index (χ0n) is 13.6. The maximum absolute atomic E-state index is 13.0. The van der Waals surface area contributed by atoms with Crippen LogP contribution in [0.15, 0.2) is 58.4 Å². The predicted molar refractivity (Wildman–Crippen MR) is 105 cm³/mol. The summed E-state index contributed by atoms with van der Waals surface area (Å²) >= 11 is 4.47. The molecule has 26 heavy (non-hydrogen) atoms. The van der Waals surface area contributed by atoms with Crippen molar-refractivity contribution in [3.8, 4) is 11.1 Å². The molecule has 8 heteroatoms. The second-order valence-electron chi connectivity index (χ2n) is 5.13. The number of carbonyl (C=O) groups excluding carboxylic acids is 1. The molecule has 1 aromatic heterocycles. The van der Waals surface area contributed by atoms with Gasteiger partial charge in [-0.1, -0.05) is 28.1 Å². The predicted octanol–water partition coefficient (Wildman–Crippen LogP) is 4.89. The van der Waals surface area contributed by atoms with E-state index in [-0.39, 0.29) is 45.7 Å². The number of aromatic carboxylic acids is 1. The summed E-state index contributed by atoms with van der Waals surface area (Å²) in [6.07, 6.45) is 0. The largest absolute Gasteiger partial charge is 0.478 e. The van der Waals surface area contributed by atoms with Gasteiger partial charge in [-0.05, 0) is 42.0 Å². The van der Waals surface area contributed by atoms with Crippen LogP contribution >= 0.6 is 27.3 Å². The van der Waals surface area contributed by atoms with Crippen LogP contribution in [-0.4, -0.2) is 46.5 Å². The third-order valence-electron chi connectivity index (χ3n) is 3.49. The zero-order chi connectivity index (χ0) is 18.0. The summed E-state index contributed by atoms with van der Waals surface area (Å²) in [5, 5.41) is 14.1. The third kappa shape index (κ3) is 4.61. The van der Waals surface area contributed by atoms with Crippen molar-refractivity contribution in [2.75, 3.05) is 5.32 Å². The van der Waals surface area contributed by atoms with Crippen LogP contribution in [0, 0.1) is 5.82 Å². The summed E-state index contributed by atoms with van der Waals surface area (Å²) in [7, 11) is 0. The molecule has 0 saturated carbocycles.